The molecule has 2 rings (SSSR count). The van der Waals surface area contributed by atoms with E-state index in [4.69, 9.17) is 13.8 Å². The fraction of sp³-hybridized carbons (Fsp3) is 0.316. The lowest BCUT2D eigenvalue weighted by Gasteiger charge is -2.29. The van der Waals surface area contributed by atoms with Gasteiger partial charge in [0, 0.05) is 12.1 Å². The Balaban J connectivity index is 2.18. The first kappa shape index (κ1) is 21.6. The molecule has 0 aromatic heterocycles. The van der Waals surface area contributed by atoms with Gasteiger partial charge in [-0.15, -0.1) is 0 Å². The van der Waals surface area contributed by atoms with Crippen LogP contribution in [0, 0.1) is 10.1 Å². The van der Waals surface area contributed by atoms with Crippen molar-refractivity contribution in [1.82, 2.24) is 5.09 Å². The van der Waals surface area contributed by atoms with Crippen molar-refractivity contribution in [3.05, 3.63) is 64.7 Å². The number of rotatable bonds is 9. The van der Waals surface area contributed by atoms with Crippen LogP contribution in [0.4, 0.5) is 5.69 Å². The topological polar surface area (TPSA) is 99.9 Å². The molecule has 0 fully saturated rings. The molecule has 9 heteroatoms. The second-order valence-corrected chi connectivity index (χ2v) is 7.80. The fourth-order valence-corrected chi connectivity index (χ4v) is 3.30. The minimum absolute atomic E-state index is 0.0468. The third-order valence-electron chi connectivity index (χ3n) is 3.39. The monoisotopic (exact) mass is 406 g/mol. The van der Waals surface area contributed by atoms with Gasteiger partial charge in [0.1, 0.15) is 17.0 Å². The maximum absolute atomic E-state index is 12.4. The molecule has 2 aromatic carbocycles. The van der Waals surface area contributed by atoms with Crippen molar-refractivity contribution in [1.29, 1.82) is 0 Å². The number of para-hydroxylation sites is 1. The molecule has 1 N–H and O–H groups in total. The van der Waals surface area contributed by atoms with Gasteiger partial charge in [0.05, 0.1) is 11.0 Å². The summed E-state index contributed by atoms with van der Waals surface area (Å²) in [6, 6.07) is 14.6. The number of nitrogens with one attached hydrogen (secondary N) is 1. The van der Waals surface area contributed by atoms with Crippen molar-refractivity contribution in [3.8, 4) is 11.5 Å². The number of nitro benzene ring substituents is 1. The van der Waals surface area contributed by atoms with Crippen molar-refractivity contribution in [2.24, 2.45) is 0 Å². The van der Waals surface area contributed by atoms with Crippen LogP contribution in [0.2, 0.25) is 0 Å². The summed E-state index contributed by atoms with van der Waals surface area (Å²) >= 11 is 0. The van der Waals surface area contributed by atoms with E-state index in [1.807, 2.05) is 18.2 Å². The molecule has 0 saturated heterocycles. The molecular weight excluding hydrogens is 383 g/mol. The summed E-state index contributed by atoms with van der Waals surface area (Å²) in [5, 5.41) is 13.9. The number of carbonyl (C=O) groups is 1. The molecule has 150 valence electrons. The number of carbonyl (C=O) groups excluding carboxylic acids is 1. The van der Waals surface area contributed by atoms with E-state index in [0.717, 1.165) is 0 Å². The fourth-order valence-electron chi connectivity index (χ4n) is 2.00. The first-order valence-electron chi connectivity index (χ1n) is 8.62. The summed E-state index contributed by atoms with van der Waals surface area (Å²) in [7, 11) is -1.80. The molecule has 0 radical (unpaired) electrons. The quantitative estimate of drug-likeness (QED) is 0.281. The standard InChI is InChI=1S/C19H23N2O6P/c1-14(2)25-18(22)19(3,4)20-28(26-16-8-6-5-7-9-16)27-17-12-10-15(11-13-17)21(23)24/h5-14,20H,1-4H3. The summed E-state index contributed by atoms with van der Waals surface area (Å²) in [5.41, 5.74) is -1.12. The number of nitro groups is 1. The number of benzene rings is 2. The Morgan fingerprint density at radius 1 is 1.04 bits per heavy atom. The molecule has 28 heavy (non-hydrogen) atoms. The predicted octanol–water partition coefficient (Wildman–Crippen LogP) is 4.60. The number of esters is 1. The zero-order chi connectivity index (χ0) is 20.7. The van der Waals surface area contributed by atoms with Crippen LogP contribution in [-0.2, 0) is 9.53 Å². The van der Waals surface area contributed by atoms with Crippen LogP contribution in [0.3, 0.4) is 0 Å². The van der Waals surface area contributed by atoms with Gasteiger partial charge in [-0.2, -0.15) is 0 Å². The average Bonchev–Trinajstić information content (AvgIpc) is 2.62. The SMILES string of the molecule is CC(C)OC(=O)C(C)(C)NP(Oc1ccccc1)Oc1ccc([N+](=O)[O-])cc1. The molecular formula is C19H23N2O6P. The molecule has 0 heterocycles. The maximum atomic E-state index is 12.4. The molecule has 8 nitrogen and oxygen atoms in total. The first-order valence-corrected chi connectivity index (χ1v) is 9.79. The number of nitrogens with zero attached hydrogens (tertiary/aromatic N) is 1. The Hall–Kier alpha value is -2.70. The third kappa shape index (κ3) is 6.48. The van der Waals surface area contributed by atoms with Crippen molar-refractivity contribution in [2.75, 3.05) is 0 Å². The van der Waals surface area contributed by atoms with E-state index in [2.05, 4.69) is 5.09 Å². The number of hydrogen-bond donors (Lipinski definition) is 1. The second-order valence-electron chi connectivity index (χ2n) is 6.69. The van der Waals surface area contributed by atoms with Gasteiger partial charge in [-0.3, -0.25) is 14.9 Å². The molecule has 0 aliphatic heterocycles. The summed E-state index contributed by atoms with van der Waals surface area (Å²) in [5.74, 6) is 0.475. The molecule has 0 aliphatic carbocycles. The van der Waals surface area contributed by atoms with Crippen LogP contribution in [0.25, 0.3) is 0 Å². The largest absolute Gasteiger partial charge is 0.462 e. The van der Waals surface area contributed by atoms with Gasteiger partial charge in [-0.1, -0.05) is 18.2 Å². The Kier molecular flexibility index (Phi) is 7.31. The maximum Gasteiger partial charge on any atom is 0.382 e. The van der Waals surface area contributed by atoms with Gasteiger partial charge in [0.25, 0.3) is 5.69 Å². The molecule has 0 amide bonds. The van der Waals surface area contributed by atoms with Gasteiger partial charge in [0.2, 0.25) is 0 Å². The van der Waals surface area contributed by atoms with E-state index in [0.29, 0.717) is 11.5 Å². The predicted molar refractivity (Wildman–Crippen MR) is 106 cm³/mol. The lowest BCUT2D eigenvalue weighted by atomic mass is 10.1. The van der Waals surface area contributed by atoms with Gasteiger partial charge in [0.15, 0.2) is 0 Å². The highest BCUT2D eigenvalue weighted by Gasteiger charge is 2.35. The van der Waals surface area contributed by atoms with E-state index in [-0.39, 0.29) is 11.8 Å². The molecule has 2 aromatic rings. The Morgan fingerprint density at radius 2 is 1.57 bits per heavy atom. The molecule has 0 saturated carbocycles. The van der Waals surface area contributed by atoms with Crippen LogP contribution < -0.4 is 14.1 Å². The minimum atomic E-state index is -1.80. The number of non-ortho nitro benzene ring substituents is 1. The van der Waals surface area contributed by atoms with Crippen LogP contribution in [0.5, 0.6) is 11.5 Å². The van der Waals surface area contributed by atoms with E-state index in [1.165, 1.54) is 24.3 Å². The van der Waals surface area contributed by atoms with Crippen molar-refractivity contribution >= 4 is 20.2 Å². The number of ether oxygens (including phenoxy) is 1. The van der Waals surface area contributed by atoms with Crippen LogP contribution in [-0.4, -0.2) is 22.5 Å². The normalized spacial score (nSPS) is 12.3. The molecule has 1 atom stereocenters. The molecule has 1 unspecified atom stereocenters. The van der Waals surface area contributed by atoms with Gasteiger partial charge in [-0.25, -0.2) is 5.09 Å². The van der Waals surface area contributed by atoms with E-state index < -0.39 is 25.0 Å². The summed E-state index contributed by atoms with van der Waals surface area (Å²) in [4.78, 5) is 22.7. The average molecular weight is 406 g/mol. The lowest BCUT2D eigenvalue weighted by molar-refractivity contribution is -0.384. The van der Waals surface area contributed by atoms with Crippen LogP contribution >= 0.6 is 8.53 Å². The highest BCUT2D eigenvalue weighted by molar-refractivity contribution is 7.46. The summed E-state index contributed by atoms with van der Waals surface area (Å²) in [6.45, 7) is 6.87. The Morgan fingerprint density at radius 3 is 2.07 bits per heavy atom. The highest BCUT2D eigenvalue weighted by Crippen LogP contribution is 2.39. The molecule has 0 aliphatic rings. The van der Waals surface area contributed by atoms with Gasteiger partial charge in [-0.05, 0) is 52.0 Å². The van der Waals surface area contributed by atoms with Gasteiger partial charge < -0.3 is 13.8 Å². The van der Waals surface area contributed by atoms with E-state index in [9.17, 15) is 14.9 Å². The highest BCUT2D eigenvalue weighted by atomic mass is 31.2. The number of hydrogen-bond acceptors (Lipinski definition) is 7. The smallest absolute Gasteiger partial charge is 0.382 e. The second kappa shape index (κ2) is 9.48. The molecule has 0 spiro atoms. The summed E-state index contributed by atoms with van der Waals surface area (Å²) < 4.78 is 17.0. The van der Waals surface area contributed by atoms with E-state index in [1.54, 1.807) is 39.8 Å². The Labute approximate surface area is 164 Å². The van der Waals surface area contributed by atoms with E-state index >= 15 is 0 Å². The third-order valence-corrected chi connectivity index (χ3v) is 4.89. The zero-order valence-corrected chi connectivity index (χ0v) is 17.0. The lowest BCUT2D eigenvalue weighted by Crippen LogP contribution is -2.47. The van der Waals surface area contributed by atoms with Crippen molar-refractivity contribution < 1.29 is 23.5 Å². The first-order chi connectivity index (χ1) is 13.2. The zero-order valence-electron chi connectivity index (χ0n) is 16.1. The van der Waals surface area contributed by atoms with Gasteiger partial charge >= 0.3 is 14.5 Å². The van der Waals surface area contributed by atoms with Crippen LogP contribution in [0.15, 0.2) is 54.6 Å². The Bertz CT molecular complexity index is 796. The summed E-state index contributed by atoms with van der Waals surface area (Å²) in [6.07, 6.45) is -0.259. The van der Waals surface area contributed by atoms with Crippen molar-refractivity contribution in [3.63, 3.8) is 0 Å². The minimum Gasteiger partial charge on any atom is -0.462 e. The van der Waals surface area contributed by atoms with Crippen molar-refractivity contribution in [2.45, 2.75) is 39.3 Å². The molecule has 0 bridgehead atoms. The van der Waals surface area contributed by atoms with Crippen LogP contribution in [0.1, 0.15) is 27.7 Å².